The van der Waals surface area contributed by atoms with Gasteiger partial charge in [0.25, 0.3) is 5.91 Å². The van der Waals surface area contributed by atoms with E-state index in [1.807, 2.05) is 63.4 Å². The minimum Gasteiger partial charge on any atom is -0.493 e. The fourth-order valence-corrected chi connectivity index (χ4v) is 2.66. The lowest BCUT2D eigenvalue weighted by Crippen LogP contribution is -3.12. The Kier molecular flexibility index (Phi) is 6.42. The quantitative estimate of drug-likeness (QED) is 0.809. The molecule has 0 saturated heterocycles. The first kappa shape index (κ1) is 18.8. The fourth-order valence-electron chi connectivity index (χ4n) is 2.66. The Bertz CT molecular complexity index is 716. The summed E-state index contributed by atoms with van der Waals surface area (Å²) in [5.41, 5.74) is 3.07. The number of para-hydroxylation sites is 1. The number of hydrogen-bond donors (Lipinski definition) is 2. The highest BCUT2D eigenvalue weighted by Crippen LogP contribution is 2.29. The van der Waals surface area contributed by atoms with Gasteiger partial charge in [0.1, 0.15) is 6.54 Å². The lowest BCUT2D eigenvalue weighted by atomic mass is 10.1. The maximum atomic E-state index is 12.5. The highest BCUT2D eigenvalue weighted by Gasteiger charge is 2.23. The number of likely N-dealkylation sites (N-methyl/N-ethyl adjacent to an activating group) is 1. The van der Waals surface area contributed by atoms with Crippen LogP contribution < -0.4 is 19.7 Å². The summed E-state index contributed by atoms with van der Waals surface area (Å²) < 4.78 is 10.7. The van der Waals surface area contributed by atoms with Crippen molar-refractivity contribution in [3.05, 3.63) is 53.6 Å². The summed E-state index contributed by atoms with van der Waals surface area (Å²) in [7, 11) is 5.28. The average Bonchev–Trinajstić information content (AvgIpc) is 2.62. The Morgan fingerprint density at radius 2 is 1.72 bits per heavy atom. The summed E-state index contributed by atoms with van der Waals surface area (Å²) in [5, 5.41) is 2.96. The van der Waals surface area contributed by atoms with Gasteiger partial charge in [-0.15, -0.1) is 0 Å². The van der Waals surface area contributed by atoms with Gasteiger partial charge in [-0.05, 0) is 43.7 Å². The predicted molar refractivity (Wildman–Crippen MR) is 99.4 cm³/mol. The van der Waals surface area contributed by atoms with E-state index in [-0.39, 0.29) is 11.9 Å². The van der Waals surface area contributed by atoms with Crippen LogP contribution in [0.5, 0.6) is 11.5 Å². The SMILES string of the molecule is COc1cc(C)c(C[NH+](C)[C@@H](C)C(=O)Nc2ccccc2)cc1OC. The van der Waals surface area contributed by atoms with E-state index in [0.29, 0.717) is 5.75 Å². The van der Waals surface area contributed by atoms with E-state index in [4.69, 9.17) is 9.47 Å². The van der Waals surface area contributed by atoms with Gasteiger partial charge in [-0.25, -0.2) is 0 Å². The monoisotopic (exact) mass is 343 g/mol. The first-order valence-corrected chi connectivity index (χ1v) is 8.36. The van der Waals surface area contributed by atoms with E-state index >= 15 is 0 Å². The molecule has 0 bridgehead atoms. The normalized spacial score (nSPS) is 13.0. The maximum Gasteiger partial charge on any atom is 0.282 e. The first-order valence-electron chi connectivity index (χ1n) is 8.36. The number of benzene rings is 2. The molecule has 0 spiro atoms. The van der Waals surface area contributed by atoms with Gasteiger partial charge in [-0.2, -0.15) is 0 Å². The number of amides is 1. The van der Waals surface area contributed by atoms with Gasteiger partial charge < -0.3 is 19.7 Å². The molecule has 2 N–H and O–H groups in total. The lowest BCUT2D eigenvalue weighted by molar-refractivity contribution is -0.907. The largest absolute Gasteiger partial charge is 0.493 e. The van der Waals surface area contributed by atoms with Crippen molar-refractivity contribution in [3.8, 4) is 11.5 Å². The van der Waals surface area contributed by atoms with Gasteiger partial charge in [-0.3, -0.25) is 4.79 Å². The molecule has 2 aromatic carbocycles. The van der Waals surface area contributed by atoms with Crippen molar-refractivity contribution in [2.45, 2.75) is 26.4 Å². The Balaban J connectivity index is 2.08. The van der Waals surface area contributed by atoms with Gasteiger partial charge in [0.15, 0.2) is 17.5 Å². The average molecular weight is 343 g/mol. The van der Waals surface area contributed by atoms with Crippen LogP contribution in [0, 0.1) is 6.92 Å². The molecule has 5 heteroatoms. The Morgan fingerprint density at radius 1 is 1.12 bits per heavy atom. The smallest absolute Gasteiger partial charge is 0.282 e. The van der Waals surface area contributed by atoms with Crippen molar-refractivity contribution in [2.75, 3.05) is 26.6 Å². The van der Waals surface area contributed by atoms with Crippen LogP contribution in [0.3, 0.4) is 0 Å². The number of carbonyl (C=O) groups excluding carboxylic acids is 1. The number of hydrogen-bond acceptors (Lipinski definition) is 3. The second-order valence-electron chi connectivity index (χ2n) is 6.23. The van der Waals surface area contributed by atoms with Crippen LogP contribution in [0.2, 0.25) is 0 Å². The van der Waals surface area contributed by atoms with Crippen molar-refractivity contribution in [3.63, 3.8) is 0 Å². The van der Waals surface area contributed by atoms with Crippen LogP contribution >= 0.6 is 0 Å². The van der Waals surface area contributed by atoms with E-state index in [1.165, 1.54) is 0 Å². The van der Waals surface area contributed by atoms with Gasteiger partial charge >= 0.3 is 0 Å². The molecule has 2 aromatic rings. The highest BCUT2D eigenvalue weighted by atomic mass is 16.5. The number of quaternary nitrogens is 1. The topological polar surface area (TPSA) is 52.0 Å². The number of aryl methyl sites for hydroxylation is 1. The van der Waals surface area contributed by atoms with Crippen LogP contribution in [-0.4, -0.2) is 33.2 Å². The van der Waals surface area contributed by atoms with Gasteiger partial charge in [-0.1, -0.05) is 18.2 Å². The molecular formula is C20H27N2O3+. The molecule has 25 heavy (non-hydrogen) atoms. The minimum absolute atomic E-state index is 0.00169. The van der Waals surface area contributed by atoms with Crippen LogP contribution in [-0.2, 0) is 11.3 Å². The van der Waals surface area contributed by atoms with Gasteiger partial charge in [0, 0.05) is 11.3 Å². The van der Waals surface area contributed by atoms with E-state index in [2.05, 4.69) is 5.32 Å². The summed E-state index contributed by atoms with van der Waals surface area (Å²) in [6.45, 7) is 4.69. The summed E-state index contributed by atoms with van der Waals surface area (Å²) in [5.74, 6) is 1.43. The van der Waals surface area contributed by atoms with Crippen molar-refractivity contribution in [1.29, 1.82) is 0 Å². The standard InChI is InChI=1S/C20H26N2O3/c1-14-11-18(24-4)19(25-5)12-16(14)13-22(3)15(2)20(23)21-17-9-7-6-8-10-17/h6-12,15H,13H2,1-5H3,(H,21,23)/p+1/t15-/m0/s1. The molecule has 0 saturated carbocycles. The molecule has 0 fully saturated rings. The lowest BCUT2D eigenvalue weighted by Gasteiger charge is -2.22. The van der Waals surface area contributed by atoms with E-state index < -0.39 is 0 Å². The van der Waals surface area contributed by atoms with Crippen LogP contribution in [0.25, 0.3) is 0 Å². The molecule has 5 nitrogen and oxygen atoms in total. The molecule has 1 unspecified atom stereocenters. The molecule has 2 atom stereocenters. The van der Waals surface area contributed by atoms with E-state index in [0.717, 1.165) is 34.0 Å². The van der Waals surface area contributed by atoms with Crippen LogP contribution in [0.1, 0.15) is 18.1 Å². The third-order valence-corrected chi connectivity index (χ3v) is 4.49. The summed E-state index contributed by atoms with van der Waals surface area (Å²) in [6.07, 6.45) is 0. The number of rotatable bonds is 7. The van der Waals surface area contributed by atoms with Gasteiger partial charge in [0.05, 0.1) is 21.3 Å². The molecule has 0 aliphatic carbocycles. The Labute approximate surface area is 149 Å². The highest BCUT2D eigenvalue weighted by molar-refractivity contribution is 5.93. The zero-order valence-electron chi connectivity index (χ0n) is 15.6. The molecule has 0 aliphatic rings. The molecule has 1 amide bonds. The van der Waals surface area contributed by atoms with E-state index in [1.54, 1.807) is 14.2 Å². The summed E-state index contributed by atoms with van der Waals surface area (Å²) in [6, 6.07) is 13.3. The third-order valence-electron chi connectivity index (χ3n) is 4.49. The second kappa shape index (κ2) is 8.53. The van der Waals surface area contributed by atoms with Crippen LogP contribution in [0.4, 0.5) is 5.69 Å². The molecule has 0 heterocycles. The van der Waals surface area contributed by atoms with Crippen LogP contribution in [0.15, 0.2) is 42.5 Å². The Hall–Kier alpha value is -2.53. The van der Waals surface area contributed by atoms with Gasteiger partial charge in [0.2, 0.25) is 0 Å². The summed E-state index contributed by atoms with van der Waals surface area (Å²) >= 11 is 0. The zero-order valence-corrected chi connectivity index (χ0v) is 15.6. The molecule has 0 aliphatic heterocycles. The maximum absolute atomic E-state index is 12.5. The third kappa shape index (κ3) is 4.73. The van der Waals surface area contributed by atoms with Crippen molar-refractivity contribution in [1.82, 2.24) is 0 Å². The second-order valence-corrected chi connectivity index (χ2v) is 6.23. The van der Waals surface area contributed by atoms with Crippen molar-refractivity contribution < 1.29 is 19.2 Å². The number of anilines is 1. The number of ether oxygens (including phenoxy) is 2. The number of methoxy groups -OCH3 is 2. The molecular weight excluding hydrogens is 316 g/mol. The van der Waals surface area contributed by atoms with E-state index in [9.17, 15) is 4.79 Å². The predicted octanol–water partition coefficient (Wildman–Crippen LogP) is 2.05. The van der Waals surface area contributed by atoms with Crippen molar-refractivity contribution in [2.24, 2.45) is 0 Å². The molecule has 134 valence electrons. The Morgan fingerprint density at radius 3 is 2.32 bits per heavy atom. The molecule has 0 radical (unpaired) electrons. The molecule has 2 rings (SSSR count). The number of nitrogens with one attached hydrogen (secondary N) is 2. The summed E-state index contributed by atoms with van der Waals surface area (Å²) in [4.78, 5) is 13.6. The first-order chi connectivity index (χ1) is 12.0. The zero-order chi connectivity index (χ0) is 18.4. The minimum atomic E-state index is -0.187. The molecule has 0 aromatic heterocycles. The fraction of sp³-hybridized carbons (Fsp3) is 0.350. The van der Waals surface area contributed by atoms with Crippen molar-refractivity contribution >= 4 is 11.6 Å². The number of carbonyl (C=O) groups is 1.